The van der Waals surface area contributed by atoms with Crippen LogP contribution in [0.25, 0.3) is 0 Å². The van der Waals surface area contributed by atoms with Gasteiger partial charge in [-0.2, -0.15) is 0 Å². The van der Waals surface area contributed by atoms with E-state index in [-0.39, 0.29) is 11.5 Å². The van der Waals surface area contributed by atoms with Gasteiger partial charge >= 0.3 is 0 Å². The van der Waals surface area contributed by atoms with Gasteiger partial charge in [0.15, 0.2) is 0 Å². The standard InChI is InChI=1S/C16H26N2O2S/c1-3-16(9-4-5-10-16)12-18-21(19,20)15-8-6-7-14(11-15)13(2)17/h6-8,11,13,18H,3-5,9-10,12,17H2,1-2H3. The molecule has 5 heteroatoms. The molecule has 0 aliphatic heterocycles. The summed E-state index contributed by atoms with van der Waals surface area (Å²) in [5, 5.41) is 0. The molecule has 1 fully saturated rings. The van der Waals surface area contributed by atoms with Gasteiger partial charge in [-0.05, 0) is 49.3 Å². The molecule has 2 rings (SSSR count). The molecule has 0 amide bonds. The molecule has 1 aromatic carbocycles. The monoisotopic (exact) mass is 310 g/mol. The van der Waals surface area contributed by atoms with E-state index >= 15 is 0 Å². The third kappa shape index (κ3) is 3.84. The fourth-order valence-electron chi connectivity index (χ4n) is 3.08. The van der Waals surface area contributed by atoms with Gasteiger partial charge in [-0.25, -0.2) is 13.1 Å². The molecule has 0 saturated heterocycles. The number of sulfonamides is 1. The third-order valence-electron chi connectivity index (χ3n) is 4.75. The van der Waals surface area contributed by atoms with E-state index in [1.165, 1.54) is 12.8 Å². The van der Waals surface area contributed by atoms with E-state index in [1.807, 2.05) is 13.0 Å². The molecular weight excluding hydrogens is 284 g/mol. The molecule has 0 aromatic heterocycles. The number of nitrogens with two attached hydrogens (primary N) is 1. The van der Waals surface area contributed by atoms with Crippen molar-refractivity contribution in [1.29, 1.82) is 0 Å². The van der Waals surface area contributed by atoms with Gasteiger partial charge in [0.05, 0.1) is 4.90 Å². The first-order valence-corrected chi connectivity index (χ1v) is 9.22. The maximum atomic E-state index is 12.5. The second-order valence-corrected chi connectivity index (χ2v) is 8.01. The Morgan fingerprint density at radius 3 is 2.57 bits per heavy atom. The Labute approximate surface area is 128 Å². The predicted octanol–water partition coefficient (Wildman–Crippen LogP) is 2.96. The second-order valence-electron chi connectivity index (χ2n) is 6.25. The smallest absolute Gasteiger partial charge is 0.240 e. The molecule has 0 radical (unpaired) electrons. The molecule has 1 aliphatic carbocycles. The van der Waals surface area contributed by atoms with E-state index in [0.717, 1.165) is 24.8 Å². The Morgan fingerprint density at radius 2 is 2.00 bits per heavy atom. The zero-order valence-electron chi connectivity index (χ0n) is 12.9. The lowest BCUT2D eigenvalue weighted by Crippen LogP contribution is -2.35. The lowest BCUT2D eigenvalue weighted by atomic mass is 9.84. The first-order chi connectivity index (χ1) is 9.88. The fraction of sp³-hybridized carbons (Fsp3) is 0.625. The van der Waals surface area contributed by atoms with Crippen LogP contribution in [0.2, 0.25) is 0 Å². The highest BCUT2D eigenvalue weighted by Crippen LogP contribution is 2.40. The number of hydrogen-bond donors (Lipinski definition) is 2. The third-order valence-corrected chi connectivity index (χ3v) is 6.14. The lowest BCUT2D eigenvalue weighted by molar-refractivity contribution is 0.285. The van der Waals surface area contributed by atoms with Gasteiger partial charge in [0.1, 0.15) is 0 Å². The van der Waals surface area contributed by atoms with Gasteiger partial charge in [0.25, 0.3) is 0 Å². The van der Waals surface area contributed by atoms with Gasteiger partial charge in [-0.3, -0.25) is 0 Å². The molecule has 4 nitrogen and oxygen atoms in total. The summed E-state index contributed by atoms with van der Waals surface area (Å²) in [6.07, 6.45) is 5.67. The summed E-state index contributed by atoms with van der Waals surface area (Å²) < 4.78 is 27.7. The van der Waals surface area contributed by atoms with Crippen molar-refractivity contribution in [2.24, 2.45) is 11.1 Å². The van der Waals surface area contributed by atoms with Crippen LogP contribution in [0.4, 0.5) is 0 Å². The van der Waals surface area contributed by atoms with Crippen LogP contribution in [-0.4, -0.2) is 15.0 Å². The lowest BCUT2D eigenvalue weighted by Gasteiger charge is -2.27. The molecule has 1 atom stereocenters. The summed E-state index contributed by atoms with van der Waals surface area (Å²) in [6, 6.07) is 6.73. The van der Waals surface area contributed by atoms with Crippen molar-refractivity contribution in [3.05, 3.63) is 29.8 Å². The maximum Gasteiger partial charge on any atom is 0.240 e. The zero-order valence-corrected chi connectivity index (χ0v) is 13.7. The van der Waals surface area contributed by atoms with Crippen molar-refractivity contribution in [3.63, 3.8) is 0 Å². The summed E-state index contributed by atoms with van der Waals surface area (Å²) in [5.74, 6) is 0. The van der Waals surface area contributed by atoms with Gasteiger partial charge in [0, 0.05) is 12.6 Å². The topological polar surface area (TPSA) is 72.2 Å². The minimum absolute atomic E-state index is 0.145. The maximum absolute atomic E-state index is 12.5. The first-order valence-electron chi connectivity index (χ1n) is 7.74. The van der Waals surface area contributed by atoms with E-state index in [2.05, 4.69) is 11.6 Å². The average molecular weight is 310 g/mol. The summed E-state index contributed by atoms with van der Waals surface area (Å²) >= 11 is 0. The van der Waals surface area contributed by atoms with Crippen molar-refractivity contribution < 1.29 is 8.42 Å². The van der Waals surface area contributed by atoms with Gasteiger partial charge in [-0.15, -0.1) is 0 Å². The van der Waals surface area contributed by atoms with Crippen LogP contribution in [0.1, 0.15) is 57.6 Å². The van der Waals surface area contributed by atoms with Crippen LogP contribution in [0.15, 0.2) is 29.2 Å². The Morgan fingerprint density at radius 1 is 1.33 bits per heavy atom. The molecule has 0 bridgehead atoms. The summed E-state index contributed by atoms with van der Waals surface area (Å²) in [4.78, 5) is 0.307. The second kappa shape index (κ2) is 6.46. The van der Waals surface area contributed by atoms with Gasteiger partial charge in [-0.1, -0.05) is 31.9 Å². The fourth-order valence-corrected chi connectivity index (χ4v) is 4.29. The highest BCUT2D eigenvalue weighted by molar-refractivity contribution is 7.89. The Hall–Kier alpha value is -0.910. The van der Waals surface area contributed by atoms with E-state index in [0.29, 0.717) is 11.4 Å². The van der Waals surface area contributed by atoms with Crippen molar-refractivity contribution in [3.8, 4) is 0 Å². The highest BCUT2D eigenvalue weighted by atomic mass is 32.2. The van der Waals surface area contributed by atoms with Crippen LogP contribution < -0.4 is 10.5 Å². The molecule has 0 heterocycles. The quantitative estimate of drug-likeness (QED) is 0.848. The van der Waals surface area contributed by atoms with E-state index in [9.17, 15) is 8.42 Å². The van der Waals surface area contributed by atoms with Crippen LogP contribution in [-0.2, 0) is 10.0 Å². The van der Waals surface area contributed by atoms with Crippen LogP contribution >= 0.6 is 0 Å². The van der Waals surface area contributed by atoms with Crippen molar-refractivity contribution in [1.82, 2.24) is 4.72 Å². The summed E-state index contributed by atoms with van der Waals surface area (Å²) in [6.45, 7) is 4.54. The minimum Gasteiger partial charge on any atom is -0.324 e. The SMILES string of the molecule is CCC1(CNS(=O)(=O)c2cccc(C(C)N)c2)CCCC1. The predicted molar refractivity (Wildman–Crippen MR) is 85.4 cm³/mol. The van der Waals surface area contributed by atoms with Crippen LogP contribution in [0.3, 0.4) is 0 Å². The van der Waals surface area contributed by atoms with Crippen LogP contribution in [0, 0.1) is 5.41 Å². The number of rotatable bonds is 6. The molecule has 0 spiro atoms. The molecule has 1 aliphatic rings. The average Bonchev–Trinajstić information content (AvgIpc) is 2.95. The molecule has 118 valence electrons. The normalized spacial score (nSPS) is 19.6. The largest absolute Gasteiger partial charge is 0.324 e. The molecule has 1 aromatic rings. The zero-order chi connectivity index (χ0) is 15.5. The molecule has 3 N–H and O–H groups in total. The van der Waals surface area contributed by atoms with Gasteiger partial charge in [0.2, 0.25) is 10.0 Å². The molecule has 21 heavy (non-hydrogen) atoms. The number of nitrogens with one attached hydrogen (secondary N) is 1. The van der Waals surface area contributed by atoms with Gasteiger partial charge < -0.3 is 5.73 Å². The van der Waals surface area contributed by atoms with Crippen LogP contribution in [0.5, 0.6) is 0 Å². The summed E-state index contributed by atoms with van der Waals surface area (Å²) in [7, 11) is -3.46. The molecular formula is C16H26N2O2S. The van der Waals surface area contributed by atoms with Crippen molar-refractivity contribution in [2.75, 3.05) is 6.54 Å². The van der Waals surface area contributed by atoms with Crippen molar-refractivity contribution >= 4 is 10.0 Å². The summed E-state index contributed by atoms with van der Waals surface area (Å²) in [5.41, 5.74) is 6.81. The Kier molecular flexibility index (Phi) is 5.07. The number of hydrogen-bond acceptors (Lipinski definition) is 3. The highest BCUT2D eigenvalue weighted by Gasteiger charge is 2.33. The van der Waals surface area contributed by atoms with E-state index in [4.69, 9.17) is 5.73 Å². The Bertz CT molecular complexity index is 576. The molecule has 1 saturated carbocycles. The number of benzene rings is 1. The molecule has 1 unspecified atom stereocenters. The first kappa shape index (κ1) is 16.5. The minimum atomic E-state index is -3.46. The van der Waals surface area contributed by atoms with E-state index in [1.54, 1.807) is 18.2 Å². The Balaban J connectivity index is 2.13. The van der Waals surface area contributed by atoms with E-state index < -0.39 is 10.0 Å². The van der Waals surface area contributed by atoms with Crippen molar-refractivity contribution in [2.45, 2.75) is 56.9 Å².